The van der Waals surface area contributed by atoms with Crippen LogP contribution in [-0.4, -0.2) is 70.7 Å². The zero-order chi connectivity index (χ0) is 28.0. The van der Waals surface area contributed by atoms with E-state index < -0.39 is 28.1 Å². The Kier molecular flexibility index (Phi) is 9.00. The van der Waals surface area contributed by atoms with Crippen molar-refractivity contribution in [1.29, 1.82) is 0 Å². The van der Waals surface area contributed by atoms with Gasteiger partial charge in [-0.3, -0.25) is 4.79 Å². The van der Waals surface area contributed by atoms with Gasteiger partial charge in [-0.05, 0) is 48.2 Å². The molecule has 1 amide bonds. The molecule has 0 saturated heterocycles. The molecule has 4 rings (SSSR count). The van der Waals surface area contributed by atoms with Crippen molar-refractivity contribution in [3.8, 4) is 5.88 Å². The van der Waals surface area contributed by atoms with Crippen molar-refractivity contribution in [3.05, 3.63) is 72.2 Å². The summed E-state index contributed by atoms with van der Waals surface area (Å²) in [5.74, 6) is 0.218. The summed E-state index contributed by atoms with van der Waals surface area (Å²) in [5, 5.41) is 17.8. The Morgan fingerprint density at radius 3 is 2.62 bits per heavy atom. The van der Waals surface area contributed by atoms with Crippen molar-refractivity contribution in [3.63, 3.8) is 0 Å². The summed E-state index contributed by atoms with van der Waals surface area (Å²) in [5.41, 5.74) is 2.12. The van der Waals surface area contributed by atoms with Crippen LogP contribution in [0.15, 0.2) is 70.3 Å². The van der Waals surface area contributed by atoms with Gasteiger partial charge in [0.2, 0.25) is 10.0 Å². The van der Waals surface area contributed by atoms with E-state index in [1.54, 1.807) is 19.1 Å². The molecular weight excluding hydrogens is 522 g/mol. The van der Waals surface area contributed by atoms with Gasteiger partial charge in [-0.1, -0.05) is 44.2 Å². The number of ether oxygens (including phenoxy) is 1. The number of nitrogens with zero attached hydrogens (tertiary/aromatic N) is 3. The van der Waals surface area contributed by atoms with E-state index in [1.165, 1.54) is 22.8 Å². The number of nitrogens with one attached hydrogen (secondary N) is 2. The topological polar surface area (TPSA) is 151 Å². The summed E-state index contributed by atoms with van der Waals surface area (Å²) in [7, 11) is -3.97. The van der Waals surface area contributed by atoms with Gasteiger partial charge in [0.1, 0.15) is 5.76 Å². The Morgan fingerprint density at radius 2 is 1.92 bits per heavy atom. The second-order valence-corrected chi connectivity index (χ2v) is 11.7. The number of carbonyl (C=O) groups excluding carboxylic acids is 1. The minimum atomic E-state index is -3.97. The molecule has 0 spiro atoms. The average molecular weight is 556 g/mol. The number of hydrogen-bond acceptors (Lipinski definition) is 8. The van der Waals surface area contributed by atoms with Crippen LogP contribution >= 0.6 is 0 Å². The molecular formula is C27H33N5O6S. The number of imidazole rings is 1. The van der Waals surface area contributed by atoms with Gasteiger partial charge in [-0.15, -0.1) is 0 Å². The number of aryl methyl sites for hydroxylation is 1. The fourth-order valence-electron chi connectivity index (χ4n) is 4.19. The van der Waals surface area contributed by atoms with Gasteiger partial charge >= 0.3 is 0 Å². The zero-order valence-electron chi connectivity index (χ0n) is 22.1. The molecule has 12 heteroatoms. The van der Waals surface area contributed by atoms with Crippen molar-refractivity contribution in [1.82, 2.24) is 24.7 Å². The van der Waals surface area contributed by atoms with Gasteiger partial charge in [-0.2, -0.15) is 4.31 Å². The van der Waals surface area contributed by atoms with E-state index in [1.807, 2.05) is 44.2 Å². The predicted molar refractivity (Wildman–Crippen MR) is 145 cm³/mol. The summed E-state index contributed by atoms with van der Waals surface area (Å²) in [6.45, 7) is 5.13. The fourth-order valence-corrected chi connectivity index (χ4v) is 5.84. The maximum atomic E-state index is 13.7. The van der Waals surface area contributed by atoms with Crippen LogP contribution in [0.5, 0.6) is 5.88 Å². The highest BCUT2D eigenvalue weighted by atomic mass is 32.2. The lowest BCUT2D eigenvalue weighted by Crippen LogP contribution is -2.52. The Bertz CT molecular complexity index is 1480. The second kappa shape index (κ2) is 12.4. The molecule has 0 aliphatic carbocycles. The van der Waals surface area contributed by atoms with Crippen LogP contribution in [0.4, 0.5) is 0 Å². The summed E-state index contributed by atoms with van der Waals surface area (Å²) in [4.78, 5) is 19.9. The molecule has 0 bridgehead atoms. The number of benzene rings is 2. The Hall–Kier alpha value is -3.74. The molecule has 0 radical (unpaired) electrons. The van der Waals surface area contributed by atoms with Crippen LogP contribution in [0, 0.1) is 12.8 Å². The van der Waals surface area contributed by atoms with E-state index in [2.05, 4.69) is 20.4 Å². The third kappa shape index (κ3) is 7.43. The fraction of sp³-hybridized carbons (Fsp3) is 0.370. The smallest absolute Gasteiger partial charge is 0.258 e. The van der Waals surface area contributed by atoms with Gasteiger partial charge < -0.3 is 24.7 Å². The predicted octanol–water partition coefficient (Wildman–Crippen LogP) is 2.67. The van der Waals surface area contributed by atoms with E-state index in [4.69, 9.17) is 9.26 Å². The zero-order valence-corrected chi connectivity index (χ0v) is 22.9. The highest BCUT2D eigenvalue weighted by Gasteiger charge is 2.31. The van der Waals surface area contributed by atoms with Gasteiger partial charge in [-0.25, -0.2) is 13.4 Å². The van der Waals surface area contributed by atoms with Crippen LogP contribution in [0.3, 0.4) is 0 Å². The van der Waals surface area contributed by atoms with E-state index in [-0.39, 0.29) is 42.8 Å². The number of sulfonamides is 1. The van der Waals surface area contributed by atoms with E-state index in [9.17, 15) is 18.3 Å². The summed E-state index contributed by atoms with van der Waals surface area (Å²) in [6, 6.07) is 14.8. The maximum absolute atomic E-state index is 13.7. The molecule has 0 fully saturated rings. The van der Waals surface area contributed by atoms with Crippen molar-refractivity contribution >= 4 is 27.0 Å². The molecule has 3 N–H and O–H groups in total. The number of aliphatic hydroxyl groups is 1. The van der Waals surface area contributed by atoms with Gasteiger partial charge in [0.05, 0.1) is 34.4 Å². The average Bonchev–Trinajstić information content (AvgIpc) is 3.55. The lowest BCUT2D eigenvalue weighted by molar-refractivity contribution is -0.124. The number of aliphatic hydroxyl groups excluding tert-OH is 1. The summed E-state index contributed by atoms with van der Waals surface area (Å²) < 4.78 is 39.0. The number of hydrogen-bond donors (Lipinski definition) is 3. The normalized spacial score (nSPS) is 13.6. The van der Waals surface area contributed by atoms with E-state index in [0.29, 0.717) is 16.8 Å². The van der Waals surface area contributed by atoms with Crippen LogP contribution in [0.2, 0.25) is 0 Å². The molecule has 2 aromatic carbocycles. The van der Waals surface area contributed by atoms with Crippen LogP contribution in [-0.2, 0) is 21.2 Å². The van der Waals surface area contributed by atoms with Crippen molar-refractivity contribution in [2.75, 3.05) is 19.7 Å². The number of carbonyl (C=O) groups is 1. The minimum absolute atomic E-state index is 0.00987. The minimum Gasteiger partial charge on any atom is -0.465 e. The van der Waals surface area contributed by atoms with Crippen LogP contribution in [0.25, 0.3) is 11.0 Å². The molecule has 39 heavy (non-hydrogen) atoms. The van der Waals surface area contributed by atoms with Crippen molar-refractivity contribution in [2.24, 2.45) is 5.92 Å². The molecule has 2 heterocycles. The molecule has 11 nitrogen and oxygen atoms in total. The molecule has 4 aromatic rings. The SMILES string of the molecule is Cc1cc(OCC(=O)N[C@@H](Cc2ccccc2)[C@H](O)CN(CC(C)C)S(=O)(=O)c2ccc3nc[nH]c3c2)no1. The molecule has 2 aromatic heterocycles. The summed E-state index contributed by atoms with van der Waals surface area (Å²) in [6.07, 6.45) is 0.570. The number of H-pyrrole nitrogens is 1. The lowest BCUT2D eigenvalue weighted by atomic mass is 10.0. The monoisotopic (exact) mass is 555 g/mol. The third-order valence-corrected chi connectivity index (χ3v) is 7.88. The van der Waals surface area contributed by atoms with Crippen LogP contribution in [0.1, 0.15) is 25.2 Å². The van der Waals surface area contributed by atoms with Crippen LogP contribution < -0.4 is 10.1 Å². The van der Waals surface area contributed by atoms with E-state index in [0.717, 1.165) is 5.56 Å². The first-order chi connectivity index (χ1) is 18.6. The largest absolute Gasteiger partial charge is 0.465 e. The van der Waals surface area contributed by atoms with Gasteiger partial charge in [0.15, 0.2) is 6.61 Å². The third-order valence-electron chi connectivity index (χ3n) is 6.06. The number of aromatic amines is 1. The lowest BCUT2D eigenvalue weighted by Gasteiger charge is -2.30. The van der Waals surface area contributed by atoms with Gasteiger partial charge in [0, 0.05) is 19.2 Å². The number of aromatic nitrogens is 3. The first-order valence-corrected chi connectivity index (χ1v) is 14.1. The molecule has 2 atom stereocenters. The number of rotatable bonds is 13. The molecule has 0 aliphatic heterocycles. The summed E-state index contributed by atoms with van der Waals surface area (Å²) >= 11 is 0. The second-order valence-electron chi connectivity index (χ2n) is 9.79. The maximum Gasteiger partial charge on any atom is 0.258 e. The molecule has 0 saturated carbocycles. The number of fused-ring (bicyclic) bond motifs is 1. The number of amides is 1. The highest BCUT2D eigenvalue weighted by Crippen LogP contribution is 2.22. The molecule has 0 unspecified atom stereocenters. The standard InChI is InChI=1S/C27H33N5O6S/c1-18(2)14-32(39(35,36)21-9-10-22-23(13-21)29-17-28-22)15-25(33)24(12-20-7-5-4-6-8-20)30-26(34)16-37-27-11-19(3)38-31-27/h4-11,13,17-18,24-25,33H,12,14-16H2,1-3H3,(H,28,29)(H,30,34)/t24-,25+/m0/s1. The Labute approximate surface area is 227 Å². The first kappa shape index (κ1) is 28.3. The Morgan fingerprint density at radius 1 is 1.15 bits per heavy atom. The quantitative estimate of drug-likeness (QED) is 0.228. The van der Waals surface area contributed by atoms with Crippen molar-refractivity contribution in [2.45, 2.75) is 44.2 Å². The van der Waals surface area contributed by atoms with Crippen molar-refractivity contribution < 1.29 is 27.6 Å². The van der Waals surface area contributed by atoms with E-state index >= 15 is 0 Å². The molecule has 0 aliphatic rings. The molecule has 208 valence electrons. The Balaban J connectivity index is 1.53. The van der Waals surface area contributed by atoms with Gasteiger partial charge in [0.25, 0.3) is 11.8 Å². The first-order valence-electron chi connectivity index (χ1n) is 12.6. The highest BCUT2D eigenvalue weighted by molar-refractivity contribution is 7.89.